The minimum atomic E-state index is -0.0924. The van der Waals surface area contributed by atoms with Crippen molar-refractivity contribution >= 4 is 37.6 Å². The standard InChI is InChI=1S/C12H10Br2N2O2/c1-16-11(9(14)6-15-16)12(17)7-3-4-10(18-2)8(13)5-7/h3-6H,1-2H3. The van der Waals surface area contributed by atoms with Gasteiger partial charge in [-0.3, -0.25) is 9.48 Å². The third-order valence-electron chi connectivity index (χ3n) is 2.52. The monoisotopic (exact) mass is 372 g/mol. The van der Waals surface area contributed by atoms with Crippen LogP contribution >= 0.6 is 31.9 Å². The Labute approximate surface area is 121 Å². The first kappa shape index (κ1) is 13.3. The van der Waals surface area contributed by atoms with Crippen LogP contribution in [0.1, 0.15) is 16.1 Å². The molecule has 6 heteroatoms. The molecule has 0 aliphatic rings. The van der Waals surface area contributed by atoms with E-state index >= 15 is 0 Å². The van der Waals surface area contributed by atoms with Crippen LogP contribution in [0.4, 0.5) is 0 Å². The van der Waals surface area contributed by atoms with Crippen molar-refractivity contribution in [2.75, 3.05) is 7.11 Å². The highest BCUT2D eigenvalue weighted by atomic mass is 79.9. The van der Waals surface area contributed by atoms with E-state index in [9.17, 15) is 4.79 Å². The smallest absolute Gasteiger partial charge is 0.212 e. The molecule has 94 valence electrons. The van der Waals surface area contributed by atoms with Crippen molar-refractivity contribution < 1.29 is 9.53 Å². The van der Waals surface area contributed by atoms with Gasteiger partial charge in [-0.15, -0.1) is 0 Å². The molecule has 1 heterocycles. The molecule has 0 fully saturated rings. The molecule has 0 amide bonds. The summed E-state index contributed by atoms with van der Waals surface area (Å²) in [6.07, 6.45) is 1.60. The van der Waals surface area contributed by atoms with Crippen LogP contribution in [0.15, 0.2) is 33.3 Å². The Balaban J connectivity index is 2.44. The van der Waals surface area contributed by atoms with Crippen LogP contribution in [0, 0.1) is 0 Å². The molecular weight excluding hydrogens is 364 g/mol. The van der Waals surface area contributed by atoms with Gasteiger partial charge in [-0.1, -0.05) is 0 Å². The Morgan fingerprint density at radius 2 is 2.06 bits per heavy atom. The Kier molecular flexibility index (Phi) is 3.87. The number of methoxy groups -OCH3 is 1. The number of carbonyl (C=O) groups is 1. The zero-order valence-corrected chi connectivity index (χ0v) is 12.9. The van der Waals surface area contributed by atoms with Crippen molar-refractivity contribution in [3.63, 3.8) is 0 Å². The molecule has 2 aromatic rings. The molecular formula is C12H10Br2N2O2. The molecule has 0 atom stereocenters. The minimum Gasteiger partial charge on any atom is -0.496 e. The molecule has 0 bridgehead atoms. The third-order valence-corrected chi connectivity index (χ3v) is 3.72. The van der Waals surface area contributed by atoms with E-state index in [4.69, 9.17) is 4.74 Å². The second kappa shape index (κ2) is 5.24. The fraction of sp³-hybridized carbons (Fsp3) is 0.167. The summed E-state index contributed by atoms with van der Waals surface area (Å²) in [5, 5.41) is 4.03. The molecule has 0 spiro atoms. The number of halogens is 2. The van der Waals surface area contributed by atoms with E-state index in [1.807, 2.05) is 0 Å². The molecule has 4 nitrogen and oxygen atoms in total. The predicted octanol–water partition coefficient (Wildman–Crippen LogP) is 3.18. The molecule has 0 aliphatic carbocycles. The van der Waals surface area contributed by atoms with Crippen LogP contribution in [0.2, 0.25) is 0 Å². The second-order valence-corrected chi connectivity index (χ2v) is 5.35. The van der Waals surface area contributed by atoms with Gasteiger partial charge in [0.2, 0.25) is 5.78 Å². The Bertz CT molecular complexity index is 589. The van der Waals surface area contributed by atoms with Crippen LogP contribution in [-0.2, 0) is 7.05 Å². The van der Waals surface area contributed by atoms with Gasteiger partial charge in [-0.2, -0.15) is 5.10 Å². The fourth-order valence-corrected chi connectivity index (χ4v) is 2.68. The van der Waals surface area contributed by atoms with Gasteiger partial charge in [0.25, 0.3) is 0 Å². The molecule has 0 saturated heterocycles. The maximum absolute atomic E-state index is 12.3. The maximum atomic E-state index is 12.3. The van der Waals surface area contributed by atoms with Crippen LogP contribution in [0.3, 0.4) is 0 Å². The van der Waals surface area contributed by atoms with Crippen molar-refractivity contribution in [3.8, 4) is 5.75 Å². The number of ketones is 1. The average Bonchev–Trinajstić information content (AvgIpc) is 2.68. The van der Waals surface area contributed by atoms with Crippen molar-refractivity contribution in [1.82, 2.24) is 9.78 Å². The van der Waals surface area contributed by atoms with Crippen LogP contribution in [0.25, 0.3) is 0 Å². The molecule has 0 radical (unpaired) electrons. The van der Waals surface area contributed by atoms with Gasteiger partial charge in [-0.05, 0) is 50.1 Å². The van der Waals surface area contributed by atoms with Gasteiger partial charge in [0.05, 0.1) is 22.3 Å². The second-order valence-electron chi connectivity index (χ2n) is 3.64. The van der Waals surface area contributed by atoms with Gasteiger partial charge in [0.1, 0.15) is 11.4 Å². The van der Waals surface area contributed by atoms with Crippen molar-refractivity contribution in [3.05, 3.63) is 44.6 Å². The third kappa shape index (κ3) is 2.35. The fourth-order valence-electron chi connectivity index (χ4n) is 1.61. The van der Waals surface area contributed by atoms with Crippen LogP contribution in [0.5, 0.6) is 5.75 Å². The number of rotatable bonds is 3. The summed E-state index contributed by atoms with van der Waals surface area (Å²) in [6.45, 7) is 0. The summed E-state index contributed by atoms with van der Waals surface area (Å²) < 4.78 is 8.11. The number of hydrogen-bond donors (Lipinski definition) is 0. The summed E-state index contributed by atoms with van der Waals surface area (Å²) in [5.74, 6) is 0.598. The largest absolute Gasteiger partial charge is 0.496 e. The first-order chi connectivity index (χ1) is 8.54. The summed E-state index contributed by atoms with van der Waals surface area (Å²) in [7, 11) is 3.32. The zero-order chi connectivity index (χ0) is 13.3. The molecule has 0 aliphatic heterocycles. The lowest BCUT2D eigenvalue weighted by Crippen LogP contribution is -2.09. The lowest BCUT2D eigenvalue weighted by molar-refractivity contribution is 0.102. The first-order valence-corrected chi connectivity index (χ1v) is 6.69. The number of carbonyl (C=O) groups excluding carboxylic acids is 1. The van der Waals surface area contributed by atoms with E-state index in [1.165, 1.54) is 0 Å². The highest BCUT2D eigenvalue weighted by Gasteiger charge is 2.18. The van der Waals surface area contributed by atoms with E-state index < -0.39 is 0 Å². The van der Waals surface area contributed by atoms with Crippen molar-refractivity contribution in [2.45, 2.75) is 0 Å². The number of benzene rings is 1. The summed E-state index contributed by atoms with van der Waals surface area (Å²) >= 11 is 6.69. The zero-order valence-electron chi connectivity index (χ0n) is 9.78. The van der Waals surface area contributed by atoms with Gasteiger partial charge in [0, 0.05) is 12.6 Å². The van der Waals surface area contributed by atoms with Crippen LogP contribution < -0.4 is 4.74 Å². The number of hydrogen-bond acceptors (Lipinski definition) is 3. The summed E-state index contributed by atoms with van der Waals surface area (Å²) in [5.41, 5.74) is 1.10. The Morgan fingerprint density at radius 3 is 2.56 bits per heavy atom. The predicted molar refractivity (Wildman–Crippen MR) is 75.0 cm³/mol. The normalized spacial score (nSPS) is 10.4. The topological polar surface area (TPSA) is 44.1 Å². The van der Waals surface area contributed by atoms with Gasteiger partial charge in [-0.25, -0.2) is 0 Å². The number of aromatic nitrogens is 2. The molecule has 0 saturated carbocycles. The van der Waals surface area contributed by atoms with Gasteiger partial charge < -0.3 is 4.74 Å². The highest BCUT2D eigenvalue weighted by molar-refractivity contribution is 9.10. The lowest BCUT2D eigenvalue weighted by Gasteiger charge is -2.06. The molecule has 0 N–H and O–H groups in total. The summed E-state index contributed by atoms with van der Waals surface area (Å²) in [6, 6.07) is 5.22. The Hall–Kier alpha value is -1.14. The van der Waals surface area contributed by atoms with Gasteiger partial charge >= 0.3 is 0 Å². The van der Waals surface area contributed by atoms with E-state index in [1.54, 1.807) is 43.2 Å². The molecule has 2 rings (SSSR count). The van der Waals surface area contributed by atoms with E-state index in [-0.39, 0.29) is 5.78 Å². The SMILES string of the molecule is COc1ccc(C(=O)c2c(Br)cnn2C)cc1Br. The number of ether oxygens (including phenoxy) is 1. The summed E-state index contributed by atoms with van der Waals surface area (Å²) in [4.78, 5) is 12.3. The van der Waals surface area contributed by atoms with Gasteiger partial charge in [0.15, 0.2) is 0 Å². The number of nitrogens with zero attached hydrogens (tertiary/aromatic N) is 2. The highest BCUT2D eigenvalue weighted by Crippen LogP contribution is 2.27. The maximum Gasteiger partial charge on any atom is 0.212 e. The van der Waals surface area contributed by atoms with Crippen molar-refractivity contribution in [2.24, 2.45) is 7.05 Å². The molecule has 1 aromatic heterocycles. The first-order valence-electron chi connectivity index (χ1n) is 5.10. The molecule has 18 heavy (non-hydrogen) atoms. The molecule has 0 unspecified atom stereocenters. The van der Waals surface area contributed by atoms with E-state index in [0.29, 0.717) is 21.5 Å². The molecule has 1 aromatic carbocycles. The van der Waals surface area contributed by atoms with E-state index in [0.717, 1.165) is 4.47 Å². The van der Waals surface area contributed by atoms with E-state index in [2.05, 4.69) is 37.0 Å². The average molecular weight is 374 g/mol. The minimum absolute atomic E-state index is 0.0924. The lowest BCUT2D eigenvalue weighted by atomic mass is 10.1. The van der Waals surface area contributed by atoms with Crippen molar-refractivity contribution in [1.29, 1.82) is 0 Å². The Morgan fingerprint density at radius 1 is 1.33 bits per heavy atom. The quantitative estimate of drug-likeness (QED) is 0.776. The number of aryl methyl sites for hydroxylation is 1. The van der Waals surface area contributed by atoms with Crippen LogP contribution in [-0.4, -0.2) is 22.7 Å².